The van der Waals surface area contributed by atoms with Crippen molar-refractivity contribution >= 4 is 17.5 Å². The molecule has 0 unspecified atom stereocenters. The summed E-state index contributed by atoms with van der Waals surface area (Å²) in [5.41, 5.74) is 0. The summed E-state index contributed by atoms with van der Waals surface area (Å²) >= 11 is 1.21. The van der Waals surface area contributed by atoms with Gasteiger partial charge in [0.1, 0.15) is 18.0 Å². The van der Waals surface area contributed by atoms with E-state index >= 15 is 0 Å². The summed E-state index contributed by atoms with van der Waals surface area (Å²) in [7, 11) is 0. The zero-order valence-corrected chi connectivity index (χ0v) is 12.9. The molecule has 6 heteroatoms. The Bertz CT molecular complexity index is 612. The van der Waals surface area contributed by atoms with Crippen LogP contribution in [0, 0.1) is 11.7 Å². The fraction of sp³-hybridized carbons (Fsp3) is 0.400. The van der Waals surface area contributed by atoms with Crippen molar-refractivity contribution in [3.05, 3.63) is 42.2 Å². The van der Waals surface area contributed by atoms with Crippen LogP contribution in [-0.2, 0) is 17.8 Å². The summed E-state index contributed by atoms with van der Waals surface area (Å²) in [6.07, 6.45) is 1.70. The highest BCUT2D eigenvalue weighted by atomic mass is 32.2. The first kappa shape index (κ1) is 15.7. The normalized spacial score (nSPS) is 11.0. The van der Waals surface area contributed by atoms with Crippen molar-refractivity contribution in [3.8, 4) is 0 Å². The Morgan fingerprint density at radius 1 is 1.38 bits per heavy atom. The van der Waals surface area contributed by atoms with Crippen molar-refractivity contribution in [3.63, 3.8) is 0 Å². The number of hydrogen-bond donors (Lipinski definition) is 0. The van der Waals surface area contributed by atoms with E-state index in [-0.39, 0.29) is 23.8 Å². The quantitative estimate of drug-likeness (QED) is 0.738. The third kappa shape index (κ3) is 4.67. The molecule has 0 fully saturated rings. The van der Waals surface area contributed by atoms with E-state index in [1.165, 1.54) is 24.2 Å². The highest BCUT2D eigenvalue weighted by Gasteiger charge is 2.12. The van der Waals surface area contributed by atoms with Gasteiger partial charge in [-0.1, -0.05) is 26.0 Å². The van der Waals surface area contributed by atoms with Crippen LogP contribution in [0.4, 0.5) is 4.39 Å². The summed E-state index contributed by atoms with van der Waals surface area (Å²) in [5.74, 6) is 1.06. The zero-order chi connectivity index (χ0) is 15.2. The molecular weight excluding hydrogens is 289 g/mol. The van der Waals surface area contributed by atoms with Crippen molar-refractivity contribution < 1.29 is 9.18 Å². The molecule has 0 saturated heterocycles. The zero-order valence-electron chi connectivity index (χ0n) is 12.1. The number of ketones is 1. The van der Waals surface area contributed by atoms with E-state index in [1.54, 1.807) is 22.9 Å². The average Bonchev–Trinajstić information content (AvgIpc) is 2.84. The van der Waals surface area contributed by atoms with Crippen LogP contribution in [0.5, 0.6) is 0 Å². The molecule has 0 N–H and O–H groups in total. The summed E-state index contributed by atoms with van der Waals surface area (Å²) < 4.78 is 15.2. The van der Waals surface area contributed by atoms with E-state index in [4.69, 9.17) is 0 Å². The van der Waals surface area contributed by atoms with Gasteiger partial charge in [-0.15, -0.1) is 11.8 Å². The molecule has 0 bridgehead atoms. The highest BCUT2D eigenvalue weighted by molar-refractivity contribution is 8.00. The highest BCUT2D eigenvalue weighted by Crippen LogP contribution is 2.21. The van der Waals surface area contributed by atoms with Gasteiger partial charge in [-0.05, 0) is 18.1 Å². The summed E-state index contributed by atoms with van der Waals surface area (Å²) in [5, 5.41) is 4.13. The number of benzene rings is 1. The Morgan fingerprint density at radius 2 is 2.14 bits per heavy atom. The fourth-order valence-corrected chi connectivity index (χ4v) is 2.67. The maximum Gasteiger partial charge on any atom is 0.150 e. The van der Waals surface area contributed by atoms with Gasteiger partial charge >= 0.3 is 0 Å². The van der Waals surface area contributed by atoms with Gasteiger partial charge in [0.15, 0.2) is 5.78 Å². The van der Waals surface area contributed by atoms with Crippen LogP contribution >= 0.6 is 11.8 Å². The van der Waals surface area contributed by atoms with Gasteiger partial charge in [-0.25, -0.2) is 14.1 Å². The largest absolute Gasteiger partial charge is 0.298 e. The Balaban J connectivity index is 1.90. The maximum absolute atomic E-state index is 13.5. The molecule has 2 aromatic rings. The number of carbonyl (C=O) groups is 1. The van der Waals surface area contributed by atoms with Crippen LogP contribution in [-0.4, -0.2) is 26.3 Å². The van der Waals surface area contributed by atoms with Crippen LogP contribution in [0.3, 0.4) is 0 Å². The van der Waals surface area contributed by atoms with E-state index in [0.29, 0.717) is 16.6 Å². The number of nitrogens with zero attached hydrogens (tertiary/aromatic N) is 3. The Hall–Kier alpha value is -1.69. The molecule has 2 rings (SSSR count). The first-order valence-corrected chi connectivity index (χ1v) is 7.80. The van der Waals surface area contributed by atoms with E-state index in [0.717, 1.165) is 6.54 Å². The lowest BCUT2D eigenvalue weighted by Gasteiger charge is -2.08. The molecule has 0 aliphatic rings. The third-order valence-corrected chi connectivity index (χ3v) is 3.92. The third-order valence-electron chi connectivity index (χ3n) is 2.81. The Morgan fingerprint density at radius 3 is 2.86 bits per heavy atom. The molecule has 0 atom stereocenters. The number of Topliss-reactive ketones (excluding diaryl/α,β-unsaturated/α-hetero) is 1. The van der Waals surface area contributed by atoms with Gasteiger partial charge in [-0.2, -0.15) is 5.10 Å². The first-order chi connectivity index (χ1) is 10.1. The Labute approximate surface area is 127 Å². The first-order valence-electron chi connectivity index (χ1n) is 6.82. The lowest BCUT2D eigenvalue weighted by Crippen LogP contribution is -2.15. The van der Waals surface area contributed by atoms with Gasteiger partial charge in [0, 0.05) is 11.4 Å². The lowest BCUT2D eigenvalue weighted by molar-refractivity contribution is -0.116. The van der Waals surface area contributed by atoms with Gasteiger partial charge in [-0.3, -0.25) is 4.79 Å². The monoisotopic (exact) mass is 307 g/mol. The number of rotatable bonds is 7. The van der Waals surface area contributed by atoms with Crippen LogP contribution < -0.4 is 0 Å². The van der Waals surface area contributed by atoms with Gasteiger partial charge < -0.3 is 0 Å². The SMILES string of the molecule is CC(C)Cn1ncnc1CC(=O)CSc1ccccc1F. The molecular formula is C15H18FN3OS. The average molecular weight is 307 g/mol. The number of hydrogen-bond acceptors (Lipinski definition) is 4. The minimum atomic E-state index is -0.293. The van der Waals surface area contributed by atoms with E-state index in [2.05, 4.69) is 23.9 Å². The second-order valence-corrected chi connectivity index (χ2v) is 6.20. The van der Waals surface area contributed by atoms with Crippen molar-refractivity contribution in [2.24, 2.45) is 5.92 Å². The van der Waals surface area contributed by atoms with Crippen LogP contribution in [0.15, 0.2) is 35.5 Å². The standard InChI is InChI=1S/C15H18FN3OS/c1-11(2)8-19-15(17-10-18-19)7-12(20)9-21-14-6-4-3-5-13(14)16/h3-6,10-11H,7-9H2,1-2H3. The molecule has 1 heterocycles. The summed E-state index contributed by atoms with van der Waals surface area (Å²) in [6.45, 7) is 4.91. The summed E-state index contributed by atoms with van der Waals surface area (Å²) in [4.78, 5) is 16.6. The van der Waals surface area contributed by atoms with Crippen molar-refractivity contribution in [2.75, 3.05) is 5.75 Å². The van der Waals surface area contributed by atoms with E-state index in [1.807, 2.05) is 0 Å². The second-order valence-electron chi connectivity index (χ2n) is 5.19. The summed E-state index contributed by atoms with van der Waals surface area (Å²) in [6, 6.07) is 6.46. The van der Waals surface area contributed by atoms with Crippen LogP contribution in [0.1, 0.15) is 19.7 Å². The maximum atomic E-state index is 13.5. The lowest BCUT2D eigenvalue weighted by atomic mass is 10.2. The number of thioether (sulfide) groups is 1. The van der Waals surface area contributed by atoms with Crippen molar-refractivity contribution in [1.82, 2.24) is 14.8 Å². The molecule has 1 aromatic heterocycles. The molecule has 0 saturated carbocycles. The fourth-order valence-electron chi connectivity index (χ4n) is 1.87. The van der Waals surface area contributed by atoms with E-state index in [9.17, 15) is 9.18 Å². The van der Waals surface area contributed by atoms with E-state index < -0.39 is 0 Å². The van der Waals surface area contributed by atoms with Crippen molar-refractivity contribution in [2.45, 2.75) is 31.7 Å². The molecule has 0 radical (unpaired) electrons. The molecule has 1 aromatic carbocycles. The number of carbonyl (C=O) groups excluding carboxylic acids is 1. The second kappa shape index (κ2) is 7.36. The molecule has 0 aliphatic carbocycles. The Kier molecular flexibility index (Phi) is 5.50. The van der Waals surface area contributed by atoms with Crippen molar-refractivity contribution in [1.29, 1.82) is 0 Å². The molecule has 0 aliphatic heterocycles. The molecule has 0 amide bonds. The van der Waals surface area contributed by atoms with Gasteiger partial charge in [0.05, 0.1) is 12.2 Å². The topological polar surface area (TPSA) is 47.8 Å². The predicted octanol–water partition coefficient (Wildman–Crippen LogP) is 2.98. The predicted molar refractivity (Wildman–Crippen MR) is 80.7 cm³/mol. The van der Waals surface area contributed by atoms with Gasteiger partial charge in [0.25, 0.3) is 0 Å². The molecule has 0 spiro atoms. The minimum absolute atomic E-state index is 0.0151. The van der Waals surface area contributed by atoms with Crippen LogP contribution in [0.2, 0.25) is 0 Å². The number of aromatic nitrogens is 3. The molecule has 4 nitrogen and oxygen atoms in total. The van der Waals surface area contributed by atoms with Gasteiger partial charge in [0.2, 0.25) is 0 Å². The van der Waals surface area contributed by atoms with Crippen LogP contribution in [0.25, 0.3) is 0 Å². The smallest absolute Gasteiger partial charge is 0.150 e. The molecule has 112 valence electrons. The minimum Gasteiger partial charge on any atom is -0.298 e. The molecule has 21 heavy (non-hydrogen) atoms. The number of halogens is 1.